The van der Waals surface area contributed by atoms with Gasteiger partial charge in [-0.15, -0.1) is 0 Å². The van der Waals surface area contributed by atoms with Crippen LogP contribution in [0.15, 0.2) is 54.7 Å². The Morgan fingerprint density at radius 1 is 1.14 bits per heavy atom. The average Bonchev–Trinajstić information content (AvgIpc) is 3.02. The Kier molecular flexibility index (Phi) is 6.04. The van der Waals surface area contributed by atoms with Crippen LogP contribution in [-0.2, 0) is 11.8 Å². The van der Waals surface area contributed by atoms with Crippen LogP contribution in [-0.4, -0.2) is 27.1 Å². The quantitative estimate of drug-likeness (QED) is 0.536. The van der Waals surface area contributed by atoms with Crippen molar-refractivity contribution < 1.29 is 19.4 Å². The summed E-state index contributed by atoms with van der Waals surface area (Å²) in [5.41, 5.74) is 2.83. The first-order valence-corrected chi connectivity index (χ1v) is 9.07. The monoisotopic (exact) mass is 414 g/mol. The van der Waals surface area contributed by atoms with Gasteiger partial charge in [-0.1, -0.05) is 41.9 Å². The molecule has 0 radical (unpaired) electrons. The van der Waals surface area contributed by atoms with Gasteiger partial charge in [0.05, 0.1) is 5.69 Å². The summed E-state index contributed by atoms with van der Waals surface area (Å²) in [5, 5.41) is 18.6. The maximum absolute atomic E-state index is 12.4. The molecule has 29 heavy (non-hydrogen) atoms. The molecule has 8 nitrogen and oxygen atoms in total. The van der Waals surface area contributed by atoms with Crippen molar-refractivity contribution in [2.24, 2.45) is 7.05 Å². The summed E-state index contributed by atoms with van der Waals surface area (Å²) in [6.07, 6.45) is -0.672. The van der Waals surface area contributed by atoms with Crippen LogP contribution in [0.1, 0.15) is 18.6 Å². The highest BCUT2D eigenvalue weighted by molar-refractivity contribution is 6.31. The summed E-state index contributed by atoms with van der Waals surface area (Å²) in [4.78, 5) is 23.1. The summed E-state index contributed by atoms with van der Waals surface area (Å²) < 4.78 is 7.00. The molecular weight excluding hydrogens is 396 g/mol. The van der Waals surface area contributed by atoms with E-state index in [0.717, 1.165) is 0 Å². The van der Waals surface area contributed by atoms with Gasteiger partial charge in [0, 0.05) is 35.1 Å². The third kappa shape index (κ3) is 5.05. The van der Waals surface area contributed by atoms with Crippen molar-refractivity contribution >= 4 is 35.2 Å². The number of carboxylic acid groups (broad SMARTS) is 1. The molecule has 0 aliphatic rings. The standard InChI is InChI=1S/C20H19ClN4O4/c1-12(15-5-3-4-6-16(15)21)29-20(28)23-17-11-25(2)24-18(17)13-7-9-14(10-8-13)22-19(26)27/h3-12,22H,1-2H3,(H,23,28)(H,26,27)/t12-/m1/s1. The van der Waals surface area contributed by atoms with Crippen molar-refractivity contribution in [3.8, 4) is 11.3 Å². The molecule has 3 rings (SSSR count). The van der Waals surface area contributed by atoms with Crippen LogP contribution in [0, 0.1) is 0 Å². The maximum atomic E-state index is 12.4. The molecule has 150 valence electrons. The Morgan fingerprint density at radius 2 is 1.83 bits per heavy atom. The zero-order valence-corrected chi connectivity index (χ0v) is 16.5. The number of rotatable bonds is 5. The number of ether oxygens (including phenoxy) is 1. The number of aromatic nitrogens is 2. The molecule has 2 amide bonds. The fraction of sp³-hybridized carbons (Fsp3) is 0.150. The molecule has 2 aromatic carbocycles. The third-order valence-electron chi connectivity index (χ3n) is 4.10. The highest BCUT2D eigenvalue weighted by Crippen LogP contribution is 2.29. The molecule has 1 atom stereocenters. The van der Waals surface area contributed by atoms with E-state index in [1.807, 2.05) is 6.07 Å². The number of anilines is 2. The van der Waals surface area contributed by atoms with E-state index in [1.54, 1.807) is 67.3 Å². The maximum Gasteiger partial charge on any atom is 0.412 e. The molecule has 0 aliphatic carbocycles. The summed E-state index contributed by atoms with van der Waals surface area (Å²) in [5.74, 6) is 0. The lowest BCUT2D eigenvalue weighted by Gasteiger charge is -2.15. The molecule has 0 saturated heterocycles. The lowest BCUT2D eigenvalue weighted by atomic mass is 10.1. The Labute approximate surface area is 172 Å². The molecule has 1 heterocycles. The lowest BCUT2D eigenvalue weighted by molar-refractivity contribution is 0.121. The van der Waals surface area contributed by atoms with Crippen LogP contribution in [0.4, 0.5) is 21.0 Å². The van der Waals surface area contributed by atoms with Crippen LogP contribution in [0.5, 0.6) is 0 Å². The van der Waals surface area contributed by atoms with E-state index in [0.29, 0.717) is 33.2 Å². The molecule has 0 unspecified atom stereocenters. The normalized spacial score (nSPS) is 11.6. The highest BCUT2D eigenvalue weighted by Gasteiger charge is 2.18. The van der Waals surface area contributed by atoms with E-state index in [-0.39, 0.29) is 0 Å². The fourth-order valence-corrected chi connectivity index (χ4v) is 3.09. The van der Waals surface area contributed by atoms with Gasteiger partial charge in [0.2, 0.25) is 0 Å². The van der Waals surface area contributed by atoms with E-state index in [4.69, 9.17) is 21.4 Å². The molecular formula is C20H19ClN4O4. The molecule has 0 saturated carbocycles. The van der Waals surface area contributed by atoms with Gasteiger partial charge in [0.1, 0.15) is 11.8 Å². The molecule has 0 spiro atoms. The van der Waals surface area contributed by atoms with Crippen LogP contribution in [0.3, 0.4) is 0 Å². The minimum absolute atomic E-state index is 0.430. The Balaban J connectivity index is 1.74. The predicted octanol–water partition coefficient (Wildman–Crippen LogP) is 5.14. The van der Waals surface area contributed by atoms with Gasteiger partial charge in [-0.2, -0.15) is 5.10 Å². The van der Waals surface area contributed by atoms with Gasteiger partial charge >= 0.3 is 12.2 Å². The van der Waals surface area contributed by atoms with Crippen LogP contribution in [0.25, 0.3) is 11.3 Å². The SMILES string of the molecule is C[C@@H](OC(=O)Nc1cn(C)nc1-c1ccc(NC(=O)O)cc1)c1ccccc1Cl. The zero-order valence-electron chi connectivity index (χ0n) is 15.7. The van der Waals surface area contributed by atoms with E-state index in [2.05, 4.69) is 15.7 Å². The Hall–Kier alpha value is -3.52. The first kappa shape index (κ1) is 20.2. The number of nitrogens with zero attached hydrogens (tertiary/aromatic N) is 2. The van der Waals surface area contributed by atoms with Crippen molar-refractivity contribution in [1.29, 1.82) is 0 Å². The van der Waals surface area contributed by atoms with Gasteiger partial charge in [-0.25, -0.2) is 9.59 Å². The Morgan fingerprint density at radius 3 is 2.48 bits per heavy atom. The number of nitrogens with one attached hydrogen (secondary N) is 2. The summed E-state index contributed by atoms with van der Waals surface area (Å²) in [6, 6.07) is 13.8. The first-order chi connectivity index (χ1) is 13.8. The number of aryl methyl sites for hydroxylation is 1. The Bertz CT molecular complexity index is 1030. The molecule has 1 aromatic heterocycles. The first-order valence-electron chi connectivity index (χ1n) is 8.69. The molecule has 3 aromatic rings. The number of carbonyl (C=O) groups excluding carboxylic acids is 1. The van der Waals surface area contributed by atoms with Gasteiger partial charge in [-0.05, 0) is 25.1 Å². The molecule has 0 bridgehead atoms. The van der Waals surface area contributed by atoms with Crippen molar-refractivity contribution in [1.82, 2.24) is 9.78 Å². The van der Waals surface area contributed by atoms with E-state index >= 15 is 0 Å². The van der Waals surface area contributed by atoms with E-state index in [9.17, 15) is 9.59 Å². The number of benzene rings is 2. The number of carbonyl (C=O) groups is 2. The molecule has 0 fully saturated rings. The summed E-state index contributed by atoms with van der Waals surface area (Å²) >= 11 is 6.15. The number of amides is 2. The highest BCUT2D eigenvalue weighted by atomic mass is 35.5. The second-order valence-corrected chi connectivity index (χ2v) is 6.67. The summed E-state index contributed by atoms with van der Waals surface area (Å²) in [7, 11) is 1.73. The summed E-state index contributed by atoms with van der Waals surface area (Å²) in [6.45, 7) is 1.74. The zero-order chi connectivity index (χ0) is 21.0. The number of halogens is 1. The number of hydrogen-bond acceptors (Lipinski definition) is 4. The second kappa shape index (κ2) is 8.66. The van der Waals surface area contributed by atoms with Gasteiger partial charge in [-0.3, -0.25) is 15.3 Å². The van der Waals surface area contributed by atoms with Crippen molar-refractivity contribution in [3.05, 3.63) is 65.3 Å². The van der Waals surface area contributed by atoms with Gasteiger partial charge < -0.3 is 9.84 Å². The fourth-order valence-electron chi connectivity index (χ4n) is 2.80. The van der Waals surface area contributed by atoms with E-state index in [1.165, 1.54) is 0 Å². The topological polar surface area (TPSA) is 105 Å². The average molecular weight is 415 g/mol. The van der Waals surface area contributed by atoms with Crippen LogP contribution >= 0.6 is 11.6 Å². The lowest BCUT2D eigenvalue weighted by Crippen LogP contribution is -2.16. The third-order valence-corrected chi connectivity index (χ3v) is 4.45. The smallest absolute Gasteiger partial charge is 0.412 e. The minimum atomic E-state index is -1.15. The minimum Gasteiger partial charge on any atom is -0.465 e. The number of hydrogen-bond donors (Lipinski definition) is 3. The van der Waals surface area contributed by atoms with Crippen LogP contribution < -0.4 is 10.6 Å². The van der Waals surface area contributed by atoms with Crippen LogP contribution in [0.2, 0.25) is 5.02 Å². The molecule has 9 heteroatoms. The molecule has 0 aliphatic heterocycles. The van der Waals surface area contributed by atoms with E-state index < -0.39 is 18.3 Å². The van der Waals surface area contributed by atoms with Crippen molar-refractivity contribution in [2.75, 3.05) is 10.6 Å². The van der Waals surface area contributed by atoms with Crippen molar-refractivity contribution in [2.45, 2.75) is 13.0 Å². The second-order valence-electron chi connectivity index (χ2n) is 6.27. The van der Waals surface area contributed by atoms with Gasteiger partial charge in [0.15, 0.2) is 0 Å². The van der Waals surface area contributed by atoms with Crippen molar-refractivity contribution in [3.63, 3.8) is 0 Å². The predicted molar refractivity (Wildman–Crippen MR) is 110 cm³/mol. The largest absolute Gasteiger partial charge is 0.465 e. The van der Waals surface area contributed by atoms with Gasteiger partial charge in [0.25, 0.3) is 0 Å². The molecule has 3 N–H and O–H groups in total.